The minimum atomic E-state index is -0.128. The van der Waals surface area contributed by atoms with E-state index in [0.29, 0.717) is 16.6 Å². The lowest BCUT2D eigenvalue weighted by Gasteiger charge is -2.08. The average molecular weight is 465 g/mol. The Morgan fingerprint density at radius 3 is 2.69 bits per heavy atom. The predicted octanol–water partition coefficient (Wildman–Crippen LogP) is 4.16. The summed E-state index contributed by atoms with van der Waals surface area (Å²) in [6, 6.07) is 16.8. The molecular formula is C22H20N6O2S2. The highest BCUT2D eigenvalue weighted by Crippen LogP contribution is 2.25. The van der Waals surface area contributed by atoms with Gasteiger partial charge in [-0.25, -0.2) is 4.98 Å². The monoisotopic (exact) mass is 464 g/mol. The Morgan fingerprint density at radius 1 is 1.06 bits per heavy atom. The van der Waals surface area contributed by atoms with Crippen molar-refractivity contribution in [3.8, 4) is 5.69 Å². The molecule has 0 bridgehead atoms. The molecule has 10 heteroatoms. The van der Waals surface area contributed by atoms with Crippen LogP contribution in [0.2, 0.25) is 0 Å². The first-order valence-electron chi connectivity index (χ1n) is 9.76. The molecule has 2 amide bonds. The van der Waals surface area contributed by atoms with Crippen molar-refractivity contribution < 1.29 is 9.59 Å². The molecule has 4 aromatic rings. The van der Waals surface area contributed by atoms with Crippen molar-refractivity contribution >= 4 is 46.3 Å². The first kappa shape index (κ1) is 21.7. The van der Waals surface area contributed by atoms with Crippen LogP contribution in [-0.4, -0.2) is 31.6 Å². The molecule has 4 rings (SSSR count). The van der Waals surface area contributed by atoms with E-state index in [1.165, 1.54) is 30.0 Å². The highest BCUT2D eigenvalue weighted by atomic mass is 32.2. The molecule has 2 N–H and O–H groups in total. The molecule has 32 heavy (non-hydrogen) atoms. The van der Waals surface area contributed by atoms with Gasteiger partial charge in [-0.3, -0.25) is 14.2 Å². The molecular weight excluding hydrogens is 444 g/mol. The first-order valence-corrected chi connectivity index (χ1v) is 11.6. The molecule has 2 aromatic carbocycles. The molecule has 162 valence electrons. The fraction of sp³-hybridized carbons (Fsp3) is 0.136. The van der Waals surface area contributed by atoms with Crippen molar-refractivity contribution in [3.05, 3.63) is 77.0 Å². The van der Waals surface area contributed by atoms with Gasteiger partial charge in [0.05, 0.1) is 17.8 Å². The molecule has 0 aliphatic heterocycles. The summed E-state index contributed by atoms with van der Waals surface area (Å²) in [4.78, 5) is 28.1. The summed E-state index contributed by atoms with van der Waals surface area (Å²) >= 11 is 2.97. The zero-order chi connectivity index (χ0) is 22.3. The maximum atomic E-state index is 12.2. The summed E-state index contributed by atoms with van der Waals surface area (Å²) in [5, 5.41) is 17.3. The van der Waals surface area contributed by atoms with Crippen LogP contribution < -0.4 is 10.6 Å². The van der Waals surface area contributed by atoms with Crippen molar-refractivity contribution in [3.63, 3.8) is 0 Å². The Kier molecular flexibility index (Phi) is 6.93. The zero-order valence-corrected chi connectivity index (χ0v) is 18.8. The van der Waals surface area contributed by atoms with Crippen LogP contribution in [0.4, 0.5) is 11.4 Å². The maximum absolute atomic E-state index is 12.2. The number of aromatic nitrogens is 4. The third-order valence-corrected chi connectivity index (χ3v) is 6.15. The van der Waals surface area contributed by atoms with Crippen molar-refractivity contribution in [1.29, 1.82) is 0 Å². The van der Waals surface area contributed by atoms with Crippen LogP contribution in [0, 0.1) is 0 Å². The molecule has 0 saturated carbocycles. The van der Waals surface area contributed by atoms with Crippen molar-refractivity contribution in [2.75, 3.05) is 10.6 Å². The summed E-state index contributed by atoms with van der Waals surface area (Å²) in [6.45, 7) is 1.47. The molecule has 2 aromatic heterocycles. The van der Waals surface area contributed by atoms with E-state index in [0.717, 1.165) is 22.1 Å². The number of carbonyl (C=O) groups is 2. The Morgan fingerprint density at radius 2 is 1.88 bits per heavy atom. The molecule has 2 heterocycles. The number of anilines is 2. The average Bonchev–Trinajstić information content (AvgIpc) is 3.42. The maximum Gasteiger partial charge on any atom is 0.231 e. The number of hydrogen-bond donors (Lipinski definition) is 2. The SMILES string of the molecule is CC(=O)Nc1cccc(-n2cnnc2SCc2csc(CC(=O)Nc3ccccc3)n2)c1. The number of rotatable bonds is 8. The fourth-order valence-electron chi connectivity index (χ4n) is 2.94. The van der Waals surface area contributed by atoms with Gasteiger partial charge in [0.25, 0.3) is 0 Å². The van der Waals surface area contributed by atoms with Gasteiger partial charge in [0, 0.05) is 29.4 Å². The van der Waals surface area contributed by atoms with E-state index in [1.807, 2.05) is 64.5 Å². The lowest BCUT2D eigenvalue weighted by atomic mass is 10.2. The van der Waals surface area contributed by atoms with E-state index in [-0.39, 0.29) is 18.2 Å². The number of thioether (sulfide) groups is 1. The first-order chi connectivity index (χ1) is 15.6. The van der Waals surface area contributed by atoms with Gasteiger partial charge in [0.15, 0.2) is 5.16 Å². The quantitative estimate of drug-likeness (QED) is 0.380. The number of para-hydroxylation sites is 1. The topological polar surface area (TPSA) is 102 Å². The second kappa shape index (κ2) is 10.2. The second-order valence-corrected chi connectivity index (χ2v) is 8.71. The molecule has 0 fully saturated rings. The van der Waals surface area contributed by atoms with E-state index in [9.17, 15) is 9.59 Å². The van der Waals surface area contributed by atoms with Gasteiger partial charge in [-0.15, -0.1) is 21.5 Å². The number of benzene rings is 2. The van der Waals surface area contributed by atoms with Gasteiger partial charge in [-0.2, -0.15) is 0 Å². The van der Waals surface area contributed by atoms with Gasteiger partial charge in [0.1, 0.15) is 11.3 Å². The van der Waals surface area contributed by atoms with Gasteiger partial charge < -0.3 is 10.6 Å². The molecule has 0 aliphatic rings. The number of nitrogens with zero attached hydrogens (tertiary/aromatic N) is 4. The van der Waals surface area contributed by atoms with Crippen molar-refractivity contribution in [2.24, 2.45) is 0 Å². The van der Waals surface area contributed by atoms with Crippen LogP contribution in [0.1, 0.15) is 17.6 Å². The Hall–Kier alpha value is -3.50. The Bertz CT molecular complexity index is 1220. The van der Waals surface area contributed by atoms with Crippen LogP contribution in [0.3, 0.4) is 0 Å². The second-order valence-electron chi connectivity index (χ2n) is 6.83. The zero-order valence-electron chi connectivity index (χ0n) is 17.2. The van der Waals surface area contributed by atoms with Gasteiger partial charge in [0.2, 0.25) is 11.8 Å². The summed E-state index contributed by atoms with van der Waals surface area (Å²) in [7, 11) is 0. The molecule has 0 atom stereocenters. The number of carbonyl (C=O) groups excluding carboxylic acids is 2. The molecule has 0 aliphatic carbocycles. The minimum Gasteiger partial charge on any atom is -0.326 e. The largest absolute Gasteiger partial charge is 0.326 e. The standard InChI is InChI=1S/C22H20N6O2S2/c1-15(29)24-17-8-5-9-19(10-17)28-14-23-27-22(28)32-13-18-12-31-21(26-18)11-20(30)25-16-6-3-2-4-7-16/h2-10,12,14H,11,13H2,1H3,(H,24,29)(H,25,30). The van der Waals surface area contributed by atoms with E-state index < -0.39 is 0 Å². The van der Waals surface area contributed by atoms with E-state index in [1.54, 1.807) is 6.33 Å². The minimum absolute atomic E-state index is 0.0939. The normalized spacial score (nSPS) is 10.7. The number of amides is 2. The Balaban J connectivity index is 1.36. The summed E-state index contributed by atoms with van der Waals surface area (Å²) in [5.41, 5.74) is 3.20. The van der Waals surface area contributed by atoms with Crippen molar-refractivity contribution in [1.82, 2.24) is 19.7 Å². The van der Waals surface area contributed by atoms with E-state index in [2.05, 4.69) is 25.8 Å². The molecule has 0 radical (unpaired) electrons. The van der Waals surface area contributed by atoms with Gasteiger partial charge in [-0.1, -0.05) is 36.0 Å². The molecule has 0 saturated heterocycles. The van der Waals surface area contributed by atoms with Crippen LogP contribution in [-0.2, 0) is 21.8 Å². The highest BCUT2D eigenvalue weighted by Gasteiger charge is 2.12. The third-order valence-electron chi connectivity index (χ3n) is 4.28. The van der Waals surface area contributed by atoms with Crippen LogP contribution in [0.25, 0.3) is 5.69 Å². The van der Waals surface area contributed by atoms with Crippen LogP contribution in [0.15, 0.2) is 71.5 Å². The smallest absolute Gasteiger partial charge is 0.231 e. The number of nitrogens with one attached hydrogen (secondary N) is 2. The van der Waals surface area contributed by atoms with E-state index >= 15 is 0 Å². The molecule has 0 spiro atoms. The van der Waals surface area contributed by atoms with E-state index in [4.69, 9.17) is 0 Å². The highest BCUT2D eigenvalue weighted by molar-refractivity contribution is 7.98. The summed E-state index contributed by atoms with van der Waals surface area (Å²) in [5.74, 6) is 0.377. The third kappa shape index (κ3) is 5.80. The lowest BCUT2D eigenvalue weighted by molar-refractivity contribution is -0.116. The summed E-state index contributed by atoms with van der Waals surface area (Å²) in [6.07, 6.45) is 1.87. The molecule has 0 unspecified atom stereocenters. The number of thiazole rings is 1. The number of hydrogen-bond acceptors (Lipinski definition) is 7. The fourth-order valence-corrected chi connectivity index (χ4v) is 4.66. The van der Waals surface area contributed by atoms with Gasteiger partial charge >= 0.3 is 0 Å². The molecule has 8 nitrogen and oxygen atoms in total. The lowest BCUT2D eigenvalue weighted by Crippen LogP contribution is -2.14. The van der Waals surface area contributed by atoms with Crippen LogP contribution in [0.5, 0.6) is 0 Å². The summed E-state index contributed by atoms with van der Waals surface area (Å²) < 4.78 is 1.86. The van der Waals surface area contributed by atoms with Crippen LogP contribution >= 0.6 is 23.1 Å². The Labute approximate surface area is 193 Å². The van der Waals surface area contributed by atoms with Crippen molar-refractivity contribution in [2.45, 2.75) is 24.3 Å². The van der Waals surface area contributed by atoms with Gasteiger partial charge in [-0.05, 0) is 30.3 Å². The predicted molar refractivity (Wildman–Crippen MR) is 126 cm³/mol.